The molecule has 0 saturated carbocycles. The molecule has 1 fully saturated rings. The lowest BCUT2D eigenvalue weighted by Crippen LogP contribution is -2.20. The van der Waals surface area contributed by atoms with Crippen molar-refractivity contribution in [1.29, 1.82) is 0 Å². The quantitative estimate of drug-likeness (QED) is 0.846. The molecule has 94 valence electrons. The monoisotopic (exact) mass is 233 g/mol. The molecule has 0 amide bonds. The number of hydrogen-bond acceptors (Lipinski definition) is 3. The second-order valence-electron chi connectivity index (χ2n) is 4.81. The molecule has 1 atom stereocenters. The first-order chi connectivity index (χ1) is 8.33. The van der Waals surface area contributed by atoms with Crippen LogP contribution in [0.3, 0.4) is 0 Å². The molecule has 0 aliphatic carbocycles. The van der Waals surface area contributed by atoms with Gasteiger partial charge in [-0.05, 0) is 30.5 Å². The number of pyridine rings is 1. The normalized spacial score (nSPS) is 19.9. The molecule has 1 N–H and O–H groups in total. The molecule has 1 aliphatic rings. The Kier molecular flexibility index (Phi) is 4.37. The van der Waals surface area contributed by atoms with Gasteiger partial charge in [-0.25, -0.2) is 4.98 Å². The van der Waals surface area contributed by atoms with Gasteiger partial charge in [0.2, 0.25) is 0 Å². The van der Waals surface area contributed by atoms with Crippen LogP contribution in [0.15, 0.2) is 18.3 Å². The molecule has 3 heteroatoms. The zero-order chi connectivity index (χ0) is 12.1. The fourth-order valence-corrected chi connectivity index (χ4v) is 2.35. The van der Waals surface area contributed by atoms with Crippen LogP contribution in [-0.4, -0.2) is 24.6 Å². The van der Waals surface area contributed by atoms with Crippen LogP contribution in [0, 0.1) is 5.92 Å². The number of aromatic nitrogens is 1. The van der Waals surface area contributed by atoms with Crippen molar-refractivity contribution in [2.24, 2.45) is 5.92 Å². The Balaban J connectivity index is 1.94. The van der Waals surface area contributed by atoms with E-state index in [9.17, 15) is 0 Å². The Hall–Kier alpha value is -1.09. The molecule has 0 spiro atoms. The Morgan fingerprint density at radius 2 is 2.29 bits per heavy atom. The molecule has 0 bridgehead atoms. The van der Waals surface area contributed by atoms with Gasteiger partial charge in [0.15, 0.2) is 0 Å². The molecule has 1 aromatic rings. The van der Waals surface area contributed by atoms with Crippen LogP contribution in [-0.2, 0) is 6.54 Å². The van der Waals surface area contributed by atoms with Crippen molar-refractivity contribution >= 4 is 5.82 Å². The molecule has 1 aromatic heterocycles. The Bertz CT molecular complexity index is 334. The summed E-state index contributed by atoms with van der Waals surface area (Å²) in [5.41, 5.74) is 1.27. The average molecular weight is 233 g/mol. The first kappa shape index (κ1) is 12.4. The van der Waals surface area contributed by atoms with Crippen LogP contribution >= 0.6 is 0 Å². The van der Waals surface area contributed by atoms with Gasteiger partial charge in [-0.3, -0.25) is 0 Å². The fraction of sp³-hybridized carbons (Fsp3) is 0.643. The molecule has 0 aromatic carbocycles. The maximum absolute atomic E-state index is 4.57. The van der Waals surface area contributed by atoms with Gasteiger partial charge >= 0.3 is 0 Å². The van der Waals surface area contributed by atoms with Gasteiger partial charge < -0.3 is 10.2 Å². The number of hydrogen-bond donors (Lipinski definition) is 1. The molecule has 2 heterocycles. The third-order valence-corrected chi connectivity index (χ3v) is 3.58. The van der Waals surface area contributed by atoms with Crippen molar-refractivity contribution < 1.29 is 0 Å². The Labute approximate surface area is 104 Å². The lowest BCUT2D eigenvalue weighted by atomic mass is 10.1. The minimum atomic E-state index is 0.859. The summed E-state index contributed by atoms with van der Waals surface area (Å²) in [7, 11) is 0. The van der Waals surface area contributed by atoms with Crippen molar-refractivity contribution in [1.82, 2.24) is 10.3 Å². The smallest absolute Gasteiger partial charge is 0.128 e. The summed E-state index contributed by atoms with van der Waals surface area (Å²) in [6.07, 6.45) is 4.60. The highest BCUT2D eigenvalue weighted by Gasteiger charge is 2.21. The van der Waals surface area contributed by atoms with E-state index >= 15 is 0 Å². The lowest BCUT2D eigenvalue weighted by molar-refractivity contribution is 0.568. The van der Waals surface area contributed by atoms with Crippen molar-refractivity contribution in [3.8, 4) is 0 Å². The summed E-state index contributed by atoms with van der Waals surface area (Å²) < 4.78 is 0. The highest BCUT2D eigenvalue weighted by atomic mass is 15.2. The number of nitrogens with zero attached hydrogens (tertiary/aromatic N) is 2. The standard InChI is InChI=1S/C14H23N3/c1-3-12-7-8-17(11-12)14-6-5-13(10-16-14)9-15-4-2/h5-6,10,12,15H,3-4,7-9,11H2,1-2H3. The van der Waals surface area contributed by atoms with E-state index in [0.29, 0.717) is 0 Å². The molecule has 1 saturated heterocycles. The summed E-state index contributed by atoms with van der Waals surface area (Å²) >= 11 is 0. The number of nitrogens with one attached hydrogen (secondary N) is 1. The molecule has 3 nitrogen and oxygen atoms in total. The van der Waals surface area contributed by atoms with Crippen LogP contribution in [0.1, 0.15) is 32.3 Å². The summed E-state index contributed by atoms with van der Waals surface area (Å²) in [5.74, 6) is 2.00. The predicted octanol–water partition coefficient (Wildman–Crippen LogP) is 2.43. The van der Waals surface area contributed by atoms with E-state index in [1.807, 2.05) is 6.20 Å². The SMILES string of the molecule is CCNCc1ccc(N2CCC(CC)C2)nc1. The average Bonchev–Trinajstić information content (AvgIpc) is 2.86. The maximum Gasteiger partial charge on any atom is 0.128 e. The van der Waals surface area contributed by atoms with Gasteiger partial charge in [0.1, 0.15) is 5.82 Å². The van der Waals surface area contributed by atoms with Crippen molar-refractivity contribution in [2.75, 3.05) is 24.5 Å². The van der Waals surface area contributed by atoms with E-state index in [2.05, 4.69) is 41.2 Å². The Morgan fingerprint density at radius 3 is 2.88 bits per heavy atom. The third-order valence-electron chi connectivity index (χ3n) is 3.58. The van der Waals surface area contributed by atoms with Crippen molar-refractivity contribution in [3.05, 3.63) is 23.9 Å². The minimum absolute atomic E-state index is 0.859. The van der Waals surface area contributed by atoms with Crippen LogP contribution in [0.4, 0.5) is 5.82 Å². The summed E-state index contributed by atoms with van der Waals surface area (Å²) in [4.78, 5) is 6.98. The van der Waals surface area contributed by atoms with Crippen molar-refractivity contribution in [2.45, 2.75) is 33.2 Å². The minimum Gasteiger partial charge on any atom is -0.356 e. The van der Waals surface area contributed by atoms with Gasteiger partial charge in [0, 0.05) is 25.8 Å². The second kappa shape index (κ2) is 6.01. The predicted molar refractivity (Wildman–Crippen MR) is 72.2 cm³/mol. The number of anilines is 1. The van der Waals surface area contributed by atoms with Crippen molar-refractivity contribution in [3.63, 3.8) is 0 Å². The summed E-state index contributed by atoms with van der Waals surface area (Å²) in [5, 5.41) is 3.32. The van der Waals surface area contributed by atoms with E-state index in [-0.39, 0.29) is 0 Å². The zero-order valence-electron chi connectivity index (χ0n) is 10.9. The first-order valence-corrected chi connectivity index (χ1v) is 6.74. The van der Waals surface area contributed by atoms with Crippen LogP contribution in [0.25, 0.3) is 0 Å². The first-order valence-electron chi connectivity index (χ1n) is 6.74. The van der Waals surface area contributed by atoms with E-state index in [1.54, 1.807) is 0 Å². The van der Waals surface area contributed by atoms with Crippen LogP contribution in [0.2, 0.25) is 0 Å². The van der Waals surface area contributed by atoms with Crippen LogP contribution < -0.4 is 10.2 Å². The van der Waals surface area contributed by atoms with E-state index in [1.165, 1.54) is 24.9 Å². The molecule has 2 rings (SSSR count). The third kappa shape index (κ3) is 3.19. The molecule has 17 heavy (non-hydrogen) atoms. The van der Waals surface area contributed by atoms with Gasteiger partial charge in [-0.2, -0.15) is 0 Å². The molecule has 1 unspecified atom stereocenters. The lowest BCUT2D eigenvalue weighted by Gasteiger charge is -2.17. The summed E-state index contributed by atoms with van der Waals surface area (Å²) in [6.45, 7) is 8.67. The fourth-order valence-electron chi connectivity index (χ4n) is 2.35. The highest BCUT2D eigenvalue weighted by Crippen LogP contribution is 2.23. The summed E-state index contributed by atoms with van der Waals surface area (Å²) in [6, 6.07) is 4.34. The Morgan fingerprint density at radius 1 is 1.41 bits per heavy atom. The second-order valence-corrected chi connectivity index (χ2v) is 4.81. The van der Waals surface area contributed by atoms with E-state index in [4.69, 9.17) is 0 Å². The van der Waals surface area contributed by atoms with E-state index < -0.39 is 0 Å². The van der Waals surface area contributed by atoms with Crippen LogP contribution in [0.5, 0.6) is 0 Å². The van der Waals surface area contributed by atoms with E-state index in [0.717, 1.165) is 31.4 Å². The zero-order valence-corrected chi connectivity index (χ0v) is 10.9. The molecular formula is C14H23N3. The largest absolute Gasteiger partial charge is 0.356 e. The van der Waals surface area contributed by atoms with Gasteiger partial charge in [0.25, 0.3) is 0 Å². The maximum atomic E-state index is 4.57. The number of rotatable bonds is 5. The molecular weight excluding hydrogens is 210 g/mol. The topological polar surface area (TPSA) is 28.2 Å². The van der Waals surface area contributed by atoms with Gasteiger partial charge in [-0.1, -0.05) is 26.3 Å². The van der Waals surface area contributed by atoms with Gasteiger partial charge in [0.05, 0.1) is 0 Å². The molecule has 1 aliphatic heterocycles. The highest BCUT2D eigenvalue weighted by molar-refractivity contribution is 5.40. The molecule has 0 radical (unpaired) electrons. The van der Waals surface area contributed by atoms with Gasteiger partial charge in [-0.15, -0.1) is 0 Å².